The summed E-state index contributed by atoms with van der Waals surface area (Å²) in [5.41, 5.74) is 0.600. The Hall–Kier alpha value is -3.16. The van der Waals surface area contributed by atoms with Crippen LogP contribution >= 0.6 is 0 Å². The average Bonchev–Trinajstić information content (AvgIpc) is 2.66. The van der Waals surface area contributed by atoms with Crippen molar-refractivity contribution in [1.29, 1.82) is 0 Å². The Kier molecular flexibility index (Phi) is 7.54. The molecule has 1 amide bonds. The number of hydrogen-bond acceptors (Lipinski definition) is 3. The maximum Gasteiger partial charge on any atom is 0.251 e. The van der Waals surface area contributed by atoms with E-state index >= 15 is 0 Å². The molecule has 8 heteroatoms. The number of halogens is 2. The number of phenols is 1. The van der Waals surface area contributed by atoms with Crippen LogP contribution in [0.2, 0.25) is 0 Å². The standard InChI is InChI=1S/C19H22F2N4O2/c1-2-22-19(25-12-14-11-15(20)5-8-17(14)21)24-10-9-23-18(27)13-3-6-16(26)7-4-13/h3-8,11,26H,2,9-10,12H2,1H3,(H,23,27)(H2,22,24,25). The zero-order valence-corrected chi connectivity index (χ0v) is 14.9. The van der Waals surface area contributed by atoms with Crippen molar-refractivity contribution < 1.29 is 18.7 Å². The highest BCUT2D eigenvalue weighted by atomic mass is 19.1. The van der Waals surface area contributed by atoms with Gasteiger partial charge in [0.2, 0.25) is 0 Å². The van der Waals surface area contributed by atoms with Gasteiger partial charge in [0, 0.05) is 30.8 Å². The highest BCUT2D eigenvalue weighted by Gasteiger charge is 2.06. The van der Waals surface area contributed by atoms with E-state index < -0.39 is 11.6 Å². The fraction of sp³-hybridized carbons (Fsp3) is 0.263. The highest BCUT2D eigenvalue weighted by Crippen LogP contribution is 2.11. The van der Waals surface area contributed by atoms with Gasteiger partial charge in [-0.15, -0.1) is 0 Å². The molecule has 0 fully saturated rings. The minimum atomic E-state index is -0.517. The van der Waals surface area contributed by atoms with Crippen LogP contribution in [-0.2, 0) is 6.54 Å². The zero-order valence-electron chi connectivity index (χ0n) is 14.9. The number of nitrogens with one attached hydrogen (secondary N) is 3. The molecule has 0 spiro atoms. The molecule has 0 aliphatic rings. The van der Waals surface area contributed by atoms with E-state index in [2.05, 4.69) is 20.9 Å². The van der Waals surface area contributed by atoms with Crippen LogP contribution in [-0.4, -0.2) is 36.6 Å². The van der Waals surface area contributed by atoms with Crippen LogP contribution in [0.15, 0.2) is 47.5 Å². The molecule has 0 bridgehead atoms. The first-order chi connectivity index (χ1) is 13.0. The van der Waals surface area contributed by atoms with E-state index in [1.165, 1.54) is 24.3 Å². The fourth-order valence-corrected chi connectivity index (χ4v) is 2.24. The number of guanidine groups is 1. The summed E-state index contributed by atoms with van der Waals surface area (Å²) < 4.78 is 26.9. The smallest absolute Gasteiger partial charge is 0.251 e. The summed E-state index contributed by atoms with van der Waals surface area (Å²) in [5.74, 6) is -0.774. The number of benzene rings is 2. The summed E-state index contributed by atoms with van der Waals surface area (Å²) >= 11 is 0. The lowest BCUT2D eigenvalue weighted by molar-refractivity contribution is 0.0954. The van der Waals surface area contributed by atoms with Gasteiger partial charge in [-0.3, -0.25) is 4.79 Å². The molecular weight excluding hydrogens is 354 g/mol. The SMILES string of the molecule is CCNC(=NCc1cc(F)ccc1F)NCCNC(=O)c1ccc(O)cc1. The van der Waals surface area contributed by atoms with Crippen LogP contribution in [0.3, 0.4) is 0 Å². The van der Waals surface area contributed by atoms with Crippen molar-refractivity contribution in [3.05, 3.63) is 65.2 Å². The van der Waals surface area contributed by atoms with Gasteiger partial charge in [0.15, 0.2) is 5.96 Å². The molecule has 6 nitrogen and oxygen atoms in total. The van der Waals surface area contributed by atoms with E-state index in [9.17, 15) is 18.7 Å². The second-order valence-electron chi connectivity index (χ2n) is 5.66. The molecule has 2 rings (SSSR count). The number of aliphatic imine (C=N–C) groups is 1. The normalized spacial score (nSPS) is 11.1. The summed E-state index contributed by atoms with van der Waals surface area (Å²) in [6.07, 6.45) is 0. The minimum absolute atomic E-state index is 0.0151. The van der Waals surface area contributed by atoms with Crippen molar-refractivity contribution >= 4 is 11.9 Å². The molecule has 0 unspecified atom stereocenters. The molecule has 0 aromatic heterocycles. The second-order valence-corrected chi connectivity index (χ2v) is 5.66. The van der Waals surface area contributed by atoms with E-state index in [4.69, 9.17) is 0 Å². The number of hydrogen-bond donors (Lipinski definition) is 4. The Morgan fingerprint density at radius 1 is 1.04 bits per heavy atom. The van der Waals surface area contributed by atoms with Gasteiger partial charge < -0.3 is 21.1 Å². The Bertz CT molecular complexity index is 795. The molecule has 2 aromatic rings. The Labute approximate surface area is 156 Å². The molecule has 4 N–H and O–H groups in total. The number of carbonyl (C=O) groups is 1. The van der Waals surface area contributed by atoms with Crippen molar-refractivity contribution in [2.45, 2.75) is 13.5 Å². The molecule has 0 aliphatic heterocycles. The van der Waals surface area contributed by atoms with Crippen LogP contribution in [0.25, 0.3) is 0 Å². The van der Waals surface area contributed by atoms with E-state index in [-0.39, 0.29) is 23.8 Å². The number of amides is 1. The monoisotopic (exact) mass is 376 g/mol. The lowest BCUT2D eigenvalue weighted by Crippen LogP contribution is -2.41. The van der Waals surface area contributed by atoms with Gasteiger partial charge in [-0.25, -0.2) is 13.8 Å². The third kappa shape index (κ3) is 6.58. The third-order valence-electron chi connectivity index (χ3n) is 3.59. The van der Waals surface area contributed by atoms with Gasteiger partial charge >= 0.3 is 0 Å². The molecule has 0 aliphatic carbocycles. The first kappa shape index (κ1) is 20.2. The van der Waals surface area contributed by atoms with Gasteiger partial charge in [0.25, 0.3) is 5.91 Å². The van der Waals surface area contributed by atoms with Gasteiger partial charge in [-0.1, -0.05) is 0 Å². The van der Waals surface area contributed by atoms with Crippen molar-refractivity contribution in [1.82, 2.24) is 16.0 Å². The maximum absolute atomic E-state index is 13.6. The maximum atomic E-state index is 13.6. The predicted octanol–water partition coefficient (Wildman–Crippen LogP) is 2.16. The summed E-state index contributed by atoms with van der Waals surface area (Å²) in [5, 5.41) is 18.0. The first-order valence-electron chi connectivity index (χ1n) is 8.53. The summed E-state index contributed by atoms with van der Waals surface area (Å²) in [6.45, 7) is 3.18. The van der Waals surface area contributed by atoms with E-state index in [0.29, 0.717) is 31.2 Å². The number of nitrogens with zero attached hydrogens (tertiary/aromatic N) is 1. The van der Waals surface area contributed by atoms with Crippen molar-refractivity contribution in [3.63, 3.8) is 0 Å². The average molecular weight is 376 g/mol. The van der Waals surface area contributed by atoms with Crippen LogP contribution < -0.4 is 16.0 Å². The van der Waals surface area contributed by atoms with E-state index in [0.717, 1.165) is 18.2 Å². The van der Waals surface area contributed by atoms with Crippen molar-refractivity contribution in [3.8, 4) is 5.75 Å². The molecule has 0 saturated carbocycles. The molecule has 0 saturated heterocycles. The first-order valence-corrected chi connectivity index (χ1v) is 8.53. The quantitative estimate of drug-likeness (QED) is 0.339. The van der Waals surface area contributed by atoms with Gasteiger partial charge in [0.05, 0.1) is 6.54 Å². The lowest BCUT2D eigenvalue weighted by atomic mass is 10.2. The summed E-state index contributed by atoms with van der Waals surface area (Å²) in [7, 11) is 0. The number of carbonyl (C=O) groups excluding carboxylic acids is 1. The highest BCUT2D eigenvalue weighted by molar-refractivity contribution is 5.94. The number of rotatable bonds is 7. The molecule has 144 valence electrons. The van der Waals surface area contributed by atoms with Crippen molar-refractivity contribution in [2.75, 3.05) is 19.6 Å². The summed E-state index contributed by atoms with van der Waals surface area (Å²) in [6, 6.07) is 9.17. The van der Waals surface area contributed by atoms with E-state index in [1.54, 1.807) is 0 Å². The largest absolute Gasteiger partial charge is 0.508 e. The number of aromatic hydroxyl groups is 1. The Morgan fingerprint density at radius 3 is 2.44 bits per heavy atom. The van der Waals surface area contributed by atoms with Crippen LogP contribution in [0.4, 0.5) is 8.78 Å². The Balaban J connectivity index is 1.84. The van der Waals surface area contributed by atoms with Gasteiger partial charge in [-0.2, -0.15) is 0 Å². The molecule has 0 atom stereocenters. The molecule has 2 aromatic carbocycles. The topological polar surface area (TPSA) is 85.8 Å². The third-order valence-corrected chi connectivity index (χ3v) is 3.59. The zero-order chi connectivity index (χ0) is 19.6. The molecule has 0 radical (unpaired) electrons. The van der Waals surface area contributed by atoms with E-state index in [1.807, 2.05) is 6.92 Å². The van der Waals surface area contributed by atoms with Gasteiger partial charge in [-0.05, 0) is 49.4 Å². The van der Waals surface area contributed by atoms with Crippen LogP contribution in [0.1, 0.15) is 22.8 Å². The Morgan fingerprint density at radius 2 is 1.74 bits per heavy atom. The fourth-order valence-electron chi connectivity index (χ4n) is 2.24. The number of phenolic OH excluding ortho intramolecular Hbond substituents is 1. The van der Waals surface area contributed by atoms with Gasteiger partial charge in [0.1, 0.15) is 17.4 Å². The molecule has 0 heterocycles. The molecule has 27 heavy (non-hydrogen) atoms. The van der Waals surface area contributed by atoms with Crippen LogP contribution in [0.5, 0.6) is 5.75 Å². The summed E-state index contributed by atoms with van der Waals surface area (Å²) in [4.78, 5) is 16.2. The lowest BCUT2D eigenvalue weighted by Gasteiger charge is -2.12. The predicted molar refractivity (Wildman–Crippen MR) is 99.6 cm³/mol. The van der Waals surface area contributed by atoms with Crippen LogP contribution in [0, 0.1) is 11.6 Å². The molecular formula is C19H22F2N4O2. The van der Waals surface area contributed by atoms with Crippen molar-refractivity contribution in [2.24, 2.45) is 4.99 Å². The second kappa shape index (κ2) is 10.1. The minimum Gasteiger partial charge on any atom is -0.508 e.